The fourth-order valence-corrected chi connectivity index (χ4v) is 4.00. The first-order valence-electron chi connectivity index (χ1n) is 7.54. The van der Waals surface area contributed by atoms with Crippen LogP contribution in [0.2, 0.25) is 0 Å². The Morgan fingerprint density at radius 1 is 1.33 bits per heavy atom. The number of likely N-dealkylation sites (tertiary alicyclic amines) is 1. The SMILES string of the molecule is Nc1cc(C(=O)N2CCCC2c2ccsc2)n(C2CC2)c1. The van der Waals surface area contributed by atoms with Crippen molar-refractivity contribution in [3.05, 3.63) is 40.3 Å². The topological polar surface area (TPSA) is 51.3 Å². The molecule has 4 nitrogen and oxygen atoms in total. The van der Waals surface area contributed by atoms with Crippen LogP contribution in [0.3, 0.4) is 0 Å². The molecular formula is C16H19N3OS. The van der Waals surface area contributed by atoms with E-state index in [0.717, 1.165) is 37.9 Å². The van der Waals surface area contributed by atoms with Crippen molar-refractivity contribution in [3.8, 4) is 0 Å². The zero-order valence-corrected chi connectivity index (χ0v) is 12.7. The standard InChI is InChI=1S/C16H19N3OS/c17-12-8-15(19(9-12)13-3-4-13)16(20)18-6-1-2-14(18)11-5-7-21-10-11/h5,7-10,13-14H,1-4,6,17H2. The summed E-state index contributed by atoms with van der Waals surface area (Å²) in [5, 5.41) is 4.24. The van der Waals surface area contributed by atoms with Crippen molar-refractivity contribution in [1.29, 1.82) is 0 Å². The average Bonchev–Trinajstić information content (AvgIpc) is 2.93. The van der Waals surface area contributed by atoms with Gasteiger partial charge in [-0.25, -0.2) is 0 Å². The van der Waals surface area contributed by atoms with Crippen molar-refractivity contribution in [2.75, 3.05) is 12.3 Å². The maximum Gasteiger partial charge on any atom is 0.271 e. The molecule has 2 aromatic rings. The number of carbonyl (C=O) groups is 1. The van der Waals surface area contributed by atoms with Gasteiger partial charge in [-0.15, -0.1) is 0 Å². The number of hydrogen-bond donors (Lipinski definition) is 1. The van der Waals surface area contributed by atoms with Gasteiger partial charge in [-0.3, -0.25) is 4.79 Å². The van der Waals surface area contributed by atoms with E-state index in [1.165, 1.54) is 5.56 Å². The Morgan fingerprint density at radius 3 is 2.90 bits per heavy atom. The molecule has 1 atom stereocenters. The van der Waals surface area contributed by atoms with E-state index in [1.54, 1.807) is 11.3 Å². The second kappa shape index (κ2) is 4.91. The quantitative estimate of drug-likeness (QED) is 0.944. The van der Waals surface area contributed by atoms with Gasteiger partial charge in [-0.05, 0) is 54.1 Å². The van der Waals surface area contributed by atoms with Gasteiger partial charge in [-0.2, -0.15) is 11.3 Å². The molecule has 110 valence electrons. The summed E-state index contributed by atoms with van der Waals surface area (Å²) < 4.78 is 2.08. The second-order valence-electron chi connectivity index (χ2n) is 6.01. The van der Waals surface area contributed by atoms with Crippen LogP contribution in [0.1, 0.15) is 53.8 Å². The molecule has 1 amide bonds. The molecule has 1 saturated carbocycles. The summed E-state index contributed by atoms with van der Waals surface area (Å²) >= 11 is 1.69. The molecule has 4 rings (SSSR count). The summed E-state index contributed by atoms with van der Waals surface area (Å²) in [4.78, 5) is 15.0. The predicted molar refractivity (Wildman–Crippen MR) is 84.4 cm³/mol. The molecule has 3 heterocycles. The lowest BCUT2D eigenvalue weighted by Gasteiger charge is -2.24. The summed E-state index contributed by atoms with van der Waals surface area (Å²) in [5.41, 5.74) is 8.64. The molecule has 2 aliphatic rings. The Morgan fingerprint density at radius 2 is 2.19 bits per heavy atom. The molecule has 21 heavy (non-hydrogen) atoms. The summed E-state index contributed by atoms with van der Waals surface area (Å²) in [5.74, 6) is 0.132. The first-order chi connectivity index (χ1) is 10.2. The van der Waals surface area contributed by atoms with E-state index in [0.29, 0.717) is 11.7 Å². The number of hydrogen-bond acceptors (Lipinski definition) is 3. The smallest absolute Gasteiger partial charge is 0.271 e. The zero-order chi connectivity index (χ0) is 14.4. The molecule has 1 unspecified atom stereocenters. The molecule has 0 aromatic carbocycles. The predicted octanol–water partition coefficient (Wildman–Crippen LogP) is 3.44. The first-order valence-corrected chi connectivity index (χ1v) is 8.49. The van der Waals surface area contributed by atoms with Crippen molar-refractivity contribution in [2.24, 2.45) is 0 Å². The van der Waals surface area contributed by atoms with Crippen LogP contribution in [0.4, 0.5) is 5.69 Å². The Hall–Kier alpha value is -1.75. The van der Waals surface area contributed by atoms with Crippen LogP contribution in [0.15, 0.2) is 29.1 Å². The summed E-state index contributed by atoms with van der Waals surface area (Å²) in [6.07, 6.45) is 6.36. The van der Waals surface area contributed by atoms with Gasteiger partial charge < -0.3 is 15.2 Å². The summed E-state index contributed by atoms with van der Waals surface area (Å²) in [6, 6.07) is 4.68. The van der Waals surface area contributed by atoms with E-state index in [1.807, 2.05) is 17.2 Å². The number of nitrogens with zero attached hydrogens (tertiary/aromatic N) is 2. The Kier molecular flexibility index (Phi) is 3.03. The van der Waals surface area contributed by atoms with Crippen LogP contribution in [0.25, 0.3) is 0 Å². The van der Waals surface area contributed by atoms with E-state index in [4.69, 9.17) is 5.73 Å². The minimum Gasteiger partial charge on any atom is -0.397 e. The van der Waals surface area contributed by atoms with Crippen molar-refractivity contribution in [1.82, 2.24) is 9.47 Å². The number of aromatic nitrogens is 1. The molecule has 1 saturated heterocycles. The van der Waals surface area contributed by atoms with Gasteiger partial charge in [0.25, 0.3) is 5.91 Å². The molecule has 2 fully saturated rings. The van der Waals surface area contributed by atoms with Gasteiger partial charge in [-0.1, -0.05) is 0 Å². The average molecular weight is 301 g/mol. The van der Waals surface area contributed by atoms with Gasteiger partial charge in [0, 0.05) is 18.8 Å². The van der Waals surface area contributed by atoms with Crippen molar-refractivity contribution < 1.29 is 4.79 Å². The molecule has 0 spiro atoms. The van der Waals surface area contributed by atoms with Gasteiger partial charge in [0.2, 0.25) is 0 Å². The van der Waals surface area contributed by atoms with Crippen LogP contribution in [0, 0.1) is 0 Å². The van der Waals surface area contributed by atoms with Crippen LogP contribution in [0.5, 0.6) is 0 Å². The Bertz CT molecular complexity index is 657. The monoisotopic (exact) mass is 301 g/mol. The normalized spacial score (nSPS) is 21.9. The van der Waals surface area contributed by atoms with Crippen molar-refractivity contribution >= 4 is 22.9 Å². The fourth-order valence-electron chi connectivity index (χ4n) is 3.29. The Balaban J connectivity index is 1.65. The first kappa shape index (κ1) is 13.0. The zero-order valence-electron chi connectivity index (χ0n) is 11.9. The van der Waals surface area contributed by atoms with Crippen molar-refractivity contribution in [3.63, 3.8) is 0 Å². The van der Waals surface area contributed by atoms with E-state index in [9.17, 15) is 4.79 Å². The van der Waals surface area contributed by atoms with Crippen molar-refractivity contribution in [2.45, 2.75) is 37.8 Å². The number of nitrogen functional groups attached to an aromatic ring is 1. The van der Waals surface area contributed by atoms with Gasteiger partial charge in [0.05, 0.1) is 11.7 Å². The maximum atomic E-state index is 13.0. The molecule has 5 heteroatoms. The number of thiophene rings is 1. The Labute approximate surface area is 128 Å². The van der Waals surface area contributed by atoms with Crippen LogP contribution < -0.4 is 5.73 Å². The molecule has 1 aliphatic carbocycles. The number of rotatable bonds is 3. The minimum absolute atomic E-state index is 0.132. The number of nitrogens with two attached hydrogens (primary N) is 1. The lowest BCUT2D eigenvalue weighted by Crippen LogP contribution is -2.31. The second-order valence-corrected chi connectivity index (χ2v) is 6.79. The van der Waals surface area contributed by atoms with E-state index in [2.05, 4.69) is 21.4 Å². The molecule has 0 radical (unpaired) electrons. The van der Waals surface area contributed by atoms with E-state index >= 15 is 0 Å². The third kappa shape index (κ3) is 2.25. The minimum atomic E-state index is 0.132. The highest BCUT2D eigenvalue weighted by Gasteiger charge is 2.34. The number of carbonyl (C=O) groups excluding carboxylic acids is 1. The van der Waals surface area contributed by atoms with Crippen LogP contribution in [-0.4, -0.2) is 21.9 Å². The highest BCUT2D eigenvalue weighted by Crippen LogP contribution is 2.39. The van der Waals surface area contributed by atoms with Gasteiger partial charge in [0.15, 0.2) is 0 Å². The van der Waals surface area contributed by atoms with E-state index in [-0.39, 0.29) is 11.9 Å². The molecule has 0 bridgehead atoms. The molecular weight excluding hydrogens is 282 g/mol. The van der Waals surface area contributed by atoms with Gasteiger partial charge >= 0.3 is 0 Å². The largest absolute Gasteiger partial charge is 0.397 e. The number of amides is 1. The van der Waals surface area contributed by atoms with Gasteiger partial charge in [0.1, 0.15) is 5.69 Å². The molecule has 1 aliphatic heterocycles. The summed E-state index contributed by atoms with van der Waals surface area (Å²) in [7, 11) is 0. The lowest BCUT2D eigenvalue weighted by molar-refractivity contribution is 0.0724. The summed E-state index contributed by atoms with van der Waals surface area (Å²) in [6.45, 7) is 0.842. The number of anilines is 1. The fraction of sp³-hybridized carbons (Fsp3) is 0.438. The third-order valence-corrected chi connectivity index (χ3v) is 5.17. The lowest BCUT2D eigenvalue weighted by atomic mass is 10.1. The maximum absolute atomic E-state index is 13.0. The highest BCUT2D eigenvalue weighted by atomic mass is 32.1. The molecule has 2 aromatic heterocycles. The highest BCUT2D eigenvalue weighted by molar-refractivity contribution is 7.07. The van der Waals surface area contributed by atoms with E-state index < -0.39 is 0 Å². The molecule has 2 N–H and O–H groups in total. The van der Waals surface area contributed by atoms with Crippen LogP contribution >= 0.6 is 11.3 Å². The van der Waals surface area contributed by atoms with Crippen LogP contribution in [-0.2, 0) is 0 Å². The third-order valence-electron chi connectivity index (χ3n) is 4.47.